The molecule has 0 aromatic carbocycles. The van der Waals surface area contributed by atoms with Crippen molar-refractivity contribution in [2.75, 3.05) is 26.7 Å². The van der Waals surface area contributed by atoms with Crippen LogP contribution >= 0.6 is 11.3 Å². The van der Waals surface area contributed by atoms with Gasteiger partial charge < -0.3 is 19.3 Å². The summed E-state index contributed by atoms with van der Waals surface area (Å²) in [5, 5.41) is 19.8. The molecule has 11 nitrogen and oxygen atoms in total. The van der Waals surface area contributed by atoms with Crippen molar-refractivity contribution in [3.8, 4) is 11.4 Å². The fourth-order valence-electron chi connectivity index (χ4n) is 4.59. The van der Waals surface area contributed by atoms with E-state index < -0.39 is 17.7 Å². The van der Waals surface area contributed by atoms with Gasteiger partial charge in [-0.05, 0) is 36.4 Å². The SMILES string of the molecule is COC(=O)N1Cc2nnc(-c3cccnc3)n2C2(CCN(C(=O)c3ccsc3)CC2)C1.O=C(O)C(F)(F)F. The molecule has 0 aliphatic carbocycles. The van der Waals surface area contributed by atoms with Crippen molar-refractivity contribution in [2.24, 2.45) is 0 Å². The van der Waals surface area contributed by atoms with Crippen molar-refractivity contribution in [1.82, 2.24) is 29.5 Å². The first-order valence-corrected chi connectivity index (χ1v) is 12.3. The van der Waals surface area contributed by atoms with Gasteiger partial charge in [-0.25, -0.2) is 9.59 Å². The Bertz CT molecular complexity index is 1290. The summed E-state index contributed by atoms with van der Waals surface area (Å²) in [4.78, 5) is 41.9. The van der Waals surface area contributed by atoms with Crippen LogP contribution in [0.5, 0.6) is 0 Å². The Kier molecular flexibility index (Phi) is 7.66. The molecular weight excluding hydrogens is 529 g/mol. The zero-order valence-corrected chi connectivity index (χ0v) is 20.9. The maximum atomic E-state index is 12.8. The molecule has 2 amide bonds. The van der Waals surface area contributed by atoms with E-state index >= 15 is 0 Å². The van der Waals surface area contributed by atoms with Gasteiger partial charge in [-0.2, -0.15) is 24.5 Å². The number of rotatable bonds is 2. The molecule has 0 bridgehead atoms. The number of carbonyl (C=O) groups is 3. The van der Waals surface area contributed by atoms with Crippen molar-refractivity contribution in [1.29, 1.82) is 0 Å². The monoisotopic (exact) mass is 552 g/mol. The highest BCUT2D eigenvalue weighted by Crippen LogP contribution is 2.39. The second kappa shape index (κ2) is 10.8. The number of aliphatic carboxylic acids is 1. The van der Waals surface area contributed by atoms with E-state index in [1.54, 1.807) is 17.3 Å². The first kappa shape index (κ1) is 27.0. The first-order valence-electron chi connectivity index (χ1n) is 11.4. The van der Waals surface area contributed by atoms with Gasteiger partial charge in [0.1, 0.15) is 0 Å². The smallest absolute Gasteiger partial charge is 0.475 e. The van der Waals surface area contributed by atoms with Crippen LogP contribution in [0.2, 0.25) is 0 Å². The predicted octanol–water partition coefficient (Wildman–Crippen LogP) is 3.25. The van der Waals surface area contributed by atoms with Crippen LogP contribution in [-0.2, 0) is 21.6 Å². The molecule has 202 valence electrons. The van der Waals surface area contributed by atoms with Crippen LogP contribution in [0, 0.1) is 0 Å². The zero-order chi connectivity index (χ0) is 27.5. The molecule has 3 aromatic heterocycles. The number of ether oxygens (including phenoxy) is 1. The standard InChI is InChI=1S/C21H22N6O3S.C2HF3O2/c1-30-20(29)26-12-17-23-24-18(15-3-2-7-22-11-15)27(17)21(14-26)5-8-25(9-6-21)19(28)16-4-10-31-13-16;3-2(4,5)1(6)7/h2-4,7,10-11,13H,5-6,8-9,12,14H2,1H3;(H,6,7). The first-order chi connectivity index (χ1) is 18.1. The number of piperidine rings is 1. The number of methoxy groups -OCH3 is 1. The van der Waals surface area contributed by atoms with Crippen molar-refractivity contribution in [3.63, 3.8) is 0 Å². The summed E-state index contributed by atoms with van der Waals surface area (Å²) in [7, 11) is 1.39. The summed E-state index contributed by atoms with van der Waals surface area (Å²) in [5.41, 5.74) is 1.19. The number of nitrogens with zero attached hydrogens (tertiary/aromatic N) is 6. The van der Waals surface area contributed by atoms with Crippen LogP contribution in [0.15, 0.2) is 41.4 Å². The van der Waals surface area contributed by atoms with Gasteiger partial charge in [-0.1, -0.05) is 0 Å². The lowest BCUT2D eigenvalue weighted by Gasteiger charge is -2.48. The number of carbonyl (C=O) groups excluding carboxylic acids is 2. The number of carboxylic acids is 1. The minimum absolute atomic E-state index is 0.0493. The number of amides is 2. The molecule has 5 heterocycles. The van der Waals surface area contributed by atoms with E-state index in [0.29, 0.717) is 44.8 Å². The molecule has 5 rings (SSSR count). The third kappa shape index (κ3) is 5.46. The minimum atomic E-state index is -5.08. The van der Waals surface area contributed by atoms with Crippen LogP contribution in [0.1, 0.15) is 29.0 Å². The quantitative estimate of drug-likeness (QED) is 0.513. The van der Waals surface area contributed by atoms with Gasteiger partial charge in [-0.15, -0.1) is 10.2 Å². The number of alkyl halides is 3. The van der Waals surface area contributed by atoms with Gasteiger partial charge in [-0.3, -0.25) is 14.7 Å². The maximum Gasteiger partial charge on any atom is 0.490 e. The fraction of sp³-hybridized carbons (Fsp3) is 0.391. The fourth-order valence-corrected chi connectivity index (χ4v) is 5.22. The third-order valence-corrected chi connectivity index (χ3v) is 7.05. The van der Waals surface area contributed by atoms with E-state index in [2.05, 4.69) is 19.7 Å². The van der Waals surface area contributed by atoms with Gasteiger partial charge >= 0.3 is 18.2 Å². The second-order valence-electron chi connectivity index (χ2n) is 8.67. The molecule has 0 saturated carbocycles. The number of pyridine rings is 1. The average molecular weight is 553 g/mol. The van der Waals surface area contributed by atoms with E-state index in [-0.39, 0.29) is 12.0 Å². The Morgan fingerprint density at radius 1 is 1.13 bits per heavy atom. The lowest BCUT2D eigenvalue weighted by atomic mass is 9.84. The van der Waals surface area contributed by atoms with Crippen LogP contribution in [0.25, 0.3) is 11.4 Å². The molecule has 38 heavy (non-hydrogen) atoms. The molecule has 2 aliphatic rings. The molecule has 2 aliphatic heterocycles. The van der Waals surface area contributed by atoms with Gasteiger partial charge in [0.15, 0.2) is 11.6 Å². The molecule has 0 unspecified atom stereocenters. The molecule has 1 fully saturated rings. The largest absolute Gasteiger partial charge is 0.490 e. The van der Waals surface area contributed by atoms with Crippen LogP contribution < -0.4 is 0 Å². The molecule has 1 N–H and O–H groups in total. The Balaban J connectivity index is 0.000000426. The lowest BCUT2D eigenvalue weighted by Crippen LogP contribution is -2.57. The Labute approximate surface area is 218 Å². The Morgan fingerprint density at radius 2 is 1.84 bits per heavy atom. The lowest BCUT2D eigenvalue weighted by molar-refractivity contribution is -0.192. The molecule has 3 aromatic rings. The molecular formula is C23H23F3N6O5S. The summed E-state index contributed by atoms with van der Waals surface area (Å²) in [6.45, 7) is 2.00. The van der Waals surface area contributed by atoms with Crippen molar-refractivity contribution in [2.45, 2.75) is 31.1 Å². The summed E-state index contributed by atoms with van der Waals surface area (Å²) < 4.78 is 38.9. The van der Waals surface area contributed by atoms with E-state index in [0.717, 1.165) is 17.0 Å². The third-order valence-electron chi connectivity index (χ3n) is 6.37. The number of hydrogen-bond donors (Lipinski definition) is 1. The highest BCUT2D eigenvalue weighted by atomic mass is 32.1. The van der Waals surface area contributed by atoms with E-state index in [1.807, 2.05) is 33.9 Å². The van der Waals surface area contributed by atoms with Gasteiger partial charge in [0.25, 0.3) is 5.91 Å². The maximum absolute atomic E-state index is 12.8. The number of halogens is 3. The number of hydrogen-bond acceptors (Lipinski definition) is 8. The van der Waals surface area contributed by atoms with Crippen LogP contribution in [-0.4, -0.2) is 85.5 Å². The Morgan fingerprint density at radius 3 is 2.39 bits per heavy atom. The van der Waals surface area contributed by atoms with Crippen LogP contribution in [0.3, 0.4) is 0 Å². The van der Waals surface area contributed by atoms with Crippen molar-refractivity contribution < 1.29 is 37.4 Å². The number of thiophene rings is 1. The molecule has 0 atom stereocenters. The number of likely N-dealkylation sites (tertiary alicyclic amines) is 1. The summed E-state index contributed by atoms with van der Waals surface area (Å²) >= 11 is 1.52. The summed E-state index contributed by atoms with van der Waals surface area (Å²) in [6.07, 6.45) is -0.593. The summed E-state index contributed by atoms with van der Waals surface area (Å²) in [5.74, 6) is -1.25. The number of fused-ring (bicyclic) bond motifs is 2. The highest BCUT2D eigenvalue weighted by molar-refractivity contribution is 7.08. The van der Waals surface area contributed by atoms with E-state index in [1.165, 1.54) is 18.4 Å². The topological polar surface area (TPSA) is 131 Å². The van der Waals surface area contributed by atoms with Crippen molar-refractivity contribution in [3.05, 3.63) is 52.7 Å². The molecule has 1 saturated heterocycles. The van der Waals surface area contributed by atoms with Crippen LogP contribution in [0.4, 0.5) is 18.0 Å². The molecule has 15 heteroatoms. The normalized spacial score (nSPS) is 16.3. The van der Waals surface area contributed by atoms with Gasteiger partial charge in [0, 0.05) is 43.0 Å². The highest BCUT2D eigenvalue weighted by Gasteiger charge is 2.46. The van der Waals surface area contributed by atoms with Gasteiger partial charge in [0.05, 0.1) is 24.8 Å². The van der Waals surface area contributed by atoms with Crippen molar-refractivity contribution >= 4 is 29.3 Å². The second-order valence-corrected chi connectivity index (χ2v) is 9.45. The van der Waals surface area contributed by atoms with Gasteiger partial charge in [0.2, 0.25) is 0 Å². The predicted molar refractivity (Wildman–Crippen MR) is 127 cm³/mol. The molecule has 1 spiro atoms. The van der Waals surface area contributed by atoms with E-state index in [9.17, 15) is 22.8 Å². The number of aromatic nitrogens is 4. The molecule has 0 radical (unpaired) electrons. The Hall–Kier alpha value is -4.01. The van der Waals surface area contributed by atoms with E-state index in [4.69, 9.17) is 14.6 Å². The number of carboxylic acid groups (broad SMARTS) is 1. The average Bonchev–Trinajstić information content (AvgIpc) is 3.60. The summed E-state index contributed by atoms with van der Waals surface area (Å²) in [6, 6.07) is 5.69. The zero-order valence-electron chi connectivity index (χ0n) is 20.1. The minimum Gasteiger partial charge on any atom is -0.475 e.